The molecule has 8 nitrogen and oxygen atoms in total. The zero-order chi connectivity index (χ0) is 16.9. The molecular formula is C15H12N6O2S. The van der Waals surface area contributed by atoms with Crippen LogP contribution in [0.25, 0.3) is 0 Å². The molecule has 0 atom stereocenters. The Morgan fingerprint density at radius 3 is 2.42 bits per heavy atom. The fraction of sp³-hybridized carbons (Fsp3) is 0.0667. The Bertz CT molecular complexity index is 874. The van der Waals surface area contributed by atoms with Crippen LogP contribution in [0.5, 0.6) is 0 Å². The van der Waals surface area contributed by atoms with Crippen LogP contribution in [0, 0.1) is 17.0 Å². The molecule has 0 saturated heterocycles. The number of benzene rings is 2. The van der Waals surface area contributed by atoms with Gasteiger partial charge in [0.05, 0.1) is 10.6 Å². The summed E-state index contributed by atoms with van der Waals surface area (Å²) in [5.41, 5.74) is 2.60. The van der Waals surface area contributed by atoms with E-state index in [9.17, 15) is 10.1 Å². The second-order valence-corrected chi connectivity index (χ2v) is 5.81. The number of hydrogen-bond donors (Lipinski definition) is 1. The summed E-state index contributed by atoms with van der Waals surface area (Å²) >= 11 is 1.23. The quantitative estimate of drug-likeness (QED) is 0.403. The van der Waals surface area contributed by atoms with Crippen molar-refractivity contribution in [2.24, 2.45) is 10.2 Å². The maximum Gasteiger partial charge on any atom is 0.269 e. The molecule has 0 amide bonds. The van der Waals surface area contributed by atoms with E-state index in [2.05, 4.69) is 25.7 Å². The Morgan fingerprint density at radius 1 is 1.04 bits per heavy atom. The van der Waals surface area contributed by atoms with Crippen LogP contribution in [0.4, 0.5) is 27.3 Å². The molecule has 9 heteroatoms. The van der Waals surface area contributed by atoms with Crippen LogP contribution in [0.15, 0.2) is 58.8 Å². The average molecular weight is 340 g/mol. The standard InChI is InChI=1S/C15H12N6O2S/c1-10-2-4-12(5-3-10)17-19-15-20-18-14(24-15)16-11-6-8-13(9-7-11)21(22)23/h2-9H,1H3,(H,16,18). The van der Waals surface area contributed by atoms with Gasteiger partial charge in [-0.1, -0.05) is 29.0 Å². The first-order valence-electron chi connectivity index (χ1n) is 6.93. The Labute approximate surface area is 141 Å². The van der Waals surface area contributed by atoms with Crippen molar-refractivity contribution < 1.29 is 4.92 Å². The number of nitro groups is 1. The Kier molecular flexibility index (Phi) is 4.52. The van der Waals surface area contributed by atoms with Gasteiger partial charge in [0, 0.05) is 17.8 Å². The first kappa shape index (κ1) is 15.7. The van der Waals surface area contributed by atoms with Crippen LogP contribution < -0.4 is 5.32 Å². The lowest BCUT2D eigenvalue weighted by atomic mass is 10.2. The molecule has 0 aliphatic rings. The van der Waals surface area contributed by atoms with Crippen LogP contribution in [0.1, 0.15) is 5.56 Å². The lowest BCUT2D eigenvalue weighted by Gasteiger charge is -2.00. The Hall–Kier alpha value is -3.20. The fourth-order valence-corrected chi connectivity index (χ4v) is 2.40. The van der Waals surface area contributed by atoms with Crippen molar-refractivity contribution in [3.05, 3.63) is 64.2 Å². The van der Waals surface area contributed by atoms with Gasteiger partial charge in [-0.05, 0) is 31.2 Å². The van der Waals surface area contributed by atoms with Gasteiger partial charge < -0.3 is 5.32 Å². The minimum atomic E-state index is -0.446. The number of hydrogen-bond acceptors (Lipinski definition) is 8. The molecule has 0 unspecified atom stereocenters. The molecule has 2 aromatic carbocycles. The molecule has 0 spiro atoms. The lowest BCUT2D eigenvalue weighted by Crippen LogP contribution is -1.91. The topological polar surface area (TPSA) is 106 Å². The van der Waals surface area contributed by atoms with E-state index in [1.54, 1.807) is 12.1 Å². The van der Waals surface area contributed by atoms with Crippen LogP contribution in [-0.2, 0) is 0 Å². The van der Waals surface area contributed by atoms with Gasteiger partial charge in [0.2, 0.25) is 5.13 Å². The number of rotatable bonds is 5. The molecular weight excluding hydrogens is 328 g/mol. The normalized spacial score (nSPS) is 10.9. The summed E-state index contributed by atoms with van der Waals surface area (Å²) in [5, 5.41) is 30.6. The molecule has 120 valence electrons. The van der Waals surface area contributed by atoms with Crippen LogP contribution in [0.3, 0.4) is 0 Å². The van der Waals surface area contributed by atoms with Gasteiger partial charge in [0.15, 0.2) is 0 Å². The van der Waals surface area contributed by atoms with Gasteiger partial charge in [-0.25, -0.2) is 0 Å². The van der Waals surface area contributed by atoms with Crippen molar-refractivity contribution >= 4 is 38.7 Å². The summed E-state index contributed by atoms with van der Waals surface area (Å²) in [6, 6.07) is 13.7. The highest BCUT2D eigenvalue weighted by Crippen LogP contribution is 2.28. The predicted octanol–water partition coefficient (Wildman–Crippen LogP) is 4.91. The molecule has 0 aliphatic heterocycles. The van der Waals surface area contributed by atoms with E-state index in [0.717, 1.165) is 11.3 Å². The number of aromatic nitrogens is 2. The highest BCUT2D eigenvalue weighted by molar-refractivity contribution is 7.18. The van der Waals surface area contributed by atoms with Crippen molar-refractivity contribution in [2.75, 3.05) is 5.32 Å². The minimum Gasteiger partial charge on any atom is -0.330 e. The monoisotopic (exact) mass is 340 g/mol. The van der Waals surface area contributed by atoms with E-state index in [-0.39, 0.29) is 5.69 Å². The molecule has 1 N–H and O–H groups in total. The average Bonchev–Trinajstić information content (AvgIpc) is 3.02. The summed E-state index contributed by atoms with van der Waals surface area (Å²) in [4.78, 5) is 10.2. The molecule has 0 bridgehead atoms. The van der Waals surface area contributed by atoms with Crippen LogP contribution in [0.2, 0.25) is 0 Å². The highest BCUT2D eigenvalue weighted by Gasteiger charge is 2.06. The summed E-state index contributed by atoms with van der Waals surface area (Å²) in [6.45, 7) is 2.00. The van der Waals surface area contributed by atoms with E-state index < -0.39 is 4.92 Å². The number of nitrogens with one attached hydrogen (secondary N) is 1. The second kappa shape index (κ2) is 6.92. The van der Waals surface area contributed by atoms with E-state index in [0.29, 0.717) is 16.0 Å². The number of aryl methyl sites for hydroxylation is 1. The number of anilines is 2. The number of nitrogens with zero attached hydrogens (tertiary/aromatic N) is 5. The van der Waals surface area contributed by atoms with Gasteiger partial charge in [0.25, 0.3) is 10.8 Å². The molecule has 0 aliphatic carbocycles. The van der Waals surface area contributed by atoms with Gasteiger partial charge in [0.1, 0.15) is 0 Å². The minimum absolute atomic E-state index is 0.0328. The van der Waals surface area contributed by atoms with Gasteiger partial charge in [-0.3, -0.25) is 10.1 Å². The van der Waals surface area contributed by atoms with Crippen LogP contribution >= 0.6 is 11.3 Å². The summed E-state index contributed by atoms with van der Waals surface area (Å²) < 4.78 is 0. The summed E-state index contributed by atoms with van der Waals surface area (Å²) in [5.74, 6) is 0. The maximum atomic E-state index is 10.6. The molecule has 0 fully saturated rings. The fourth-order valence-electron chi connectivity index (χ4n) is 1.81. The second-order valence-electron chi connectivity index (χ2n) is 4.85. The molecule has 1 heterocycles. The van der Waals surface area contributed by atoms with Crippen molar-refractivity contribution in [2.45, 2.75) is 6.92 Å². The van der Waals surface area contributed by atoms with E-state index >= 15 is 0 Å². The Balaban J connectivity index is 1.66. The molecule has 3 aromatic rings. The van der Waals surface area contributed by atoms with Crippen molar-refractivity contribution in [3.8, 4) is 0 Å². The zero-order valence-corrected chi connectivity index (χ0v) is 13.4. The van der Waals surface area contributed by atoms with E-state index in [1.807, 2.05) is 31.2 Å². The first-order chi connectivity index (χ1) is 11.6. The maximum absolute atomic E-state index is 10.6. The van der Waals surface area contributed by atoms with Crippen molar-refractivity contribution in [3.63, 3.8) is 0 Å². The molecule has 24 heavy (non-hydrogen) atoms. The van der Waals surface area contributed by atoms with E-state index in [4.69, 9.17) is 0 Å². The van der Waals surface area contributed by atoms with Gasteiger partial charge >= 0.3 is 0 Å². The Morgan fingerprint density at radius 2 is 1.75 bits per heavy atom. The largest absolute Gasteiger partial charge is 0.330 e. The SMILES string of the molecule is Cc1ccc(N=Nc2nnc(Nc3ccc([N+](=O)[O-])cc3)s2)cc1. The molecule has 0 radical (unpaired) electrons. The summed E-state index contributed by atoms with van der Waals surface area (Å²) in [7, 11) is 0. The van der Waals surface area contributed by atoms with Crippen molar-refractivity contribution in [1.82, 2.24) is 10.2 Å². The zero-order valence-electron chi connectivity index (χ0n) is 12.6. The van der Waals surface area contributed by atoms with E-state index in [1.165, 1.54) is 23.5 Å². The first-order valence-corrected chi connectivity index (χ1v) is 7.75. The third-order valence-corrected chi connectivity index (χ3v) is 3.75. The molecule has 0 saturated carbocycles. The van der Waals surface area contributed by atoms with Crippen LogP contribution in [-0.4, -0.2) is 15.1 Å². The molecule has 1 aromatic heterocycles. The summed E-state index contributed by atoms with van der Waals surface area (Å²) in [6.07, 6.45) is 0. The number of non-ortho nitro benzene ring substituents is 1. The van der Waals surface area contributed by atoms with Gasteiger partial charge in [-0.2, -0.15) is 0 Å². The molecule has 3 rings (SSSR count). The highest BCUT2D eigenvalue weighted by atomic mass is 32.1. The predicted molar refractivity (Wildman–Crippen MR) is 91.6 cm³/mol. The third kappa shape index (κ3) is 3.96. The van der Waals surface area contributed by atoms with Gasteiger partial charge in [-0.15, -0.1) is 20.4 Å². The lowest BCUT2D eigenvalue weighted by molar-refractivity contribution is -0.384. The number of azo groups is 1. The van der Waals surface area contributed by atoms with Crippen molar-refractivity contribution in [1.29, 1.82) is 0 Å². The number of nitro benzene ring substituents is 1. The smallest absolute Gasteiger partial charge is 0.269 e. The third-order valence-electron chi connectivity index (χ3n) is 3.03.